The number of hydrogen-bond acceptors (Lipinski definition) is 3. The van der Waals surface area contributed by atoms with Crippen molar-refractivity contribution in [3.8, 4) is 11.8 Å². The van der Waals surface area contributed by atoms with Crippen molar-refractivity contribution in [1.82, 2.24) is 0 Å². The second kappa shape index (κ2) is 8.90. The van der Waals surface area contributed by atoms with Crippen molar-refractivity contribution in [2.24, 2.45) is 0 Å². The number of methoxy groups -OCH3 is 1. The molecule has 3 nitrogen and oxygen atoms in total. The van der Waals surface area contributed by atoms with Crippen molar-refractivity contribution in [3.63, 3.8) is 0 Å². The minimum Gasteiger partial charge on any atom is -0.496 e. The van der Waals surface area contributed by atoms with Gasteiger partial charge in [-0.15, -0.1) is 0 Å². The Hall–Kier alpha value is -2.94. The Morgan fingerprint density at radius 1 is 1.25 bits per heavy atom. The number of allylic oxidation sites excluding steroid dienone is 1. The van der Waals surface area contributed by atoms with Crippen molar-refractivity contribution in [1.29, 1.82) is 5.26 Å². The number of halogens is 3. The largest absolute Gasteiger partial charge is 0.496 e. The summed E-state index contributed by atoms with van der Waals surface area (Å²) >= 11 is 0. The molecule has 1 aliphatic heterocycles. The van der Waals surface area contributed by atoms with Gasteiger partial charge in [-0.3, -0.25) is 0 Å². The molecule has 0 amide bonds. The molecule has 0 N–H and O–H groups in total. The fraction of sp³-hybridized carbons (Fsp3) is 0.423. The van der Waals surface area contributed by atoms with Gasteiger partial charge in [-0.2, -0.15) is 18.4 Å². The first-order valence-electron chi connectivity index (χ1n) is 10.8. The lowest BCUT2D eigenvalue weighted by molar-refractivity contribution is -0.137. The Morgan fingerprint density at radius 2 is 1.91 bits per heavy atom. The van der Waals surface area contributed by atoms with Crippen LogP contribution in [0.15, 0.2) is 36.4 Å². The molecule has 1 unspecified atom stereocenters. The summed E-state index contributed by atoms with van der Waals surface area (Å²) in [6, 6.07) is 10.9. The average molecular weight is 443 g/mol. The molecular formula is C26H29F3N2O. The number of nitrogens with zero attached hydrogens (tertiary/aromatic N) is 2. The molecule has 0 bridgehead atoms. The second-order valence-corrected chi connectivity index (χ2v) is 8.97. The highest BCUT2D eigenvalue weighted by Crippen LogP contribution is 2.46. The lowest BCUT2D eigenvalue weighted by Gasteiger charge is -2.47. The number of rotatable bonds is 5. The van der Waals surface area contributed by atoms with Crippen LogP contribution in [-0.2, 0) is 6.18 Å². The minimum atomic E-state index is -4.41. The third kappa shape index (κ3) is 4.62. The smallest absolute Gasteiger partial charge is 0.416 e. The molecule has 1 heterocycles. The van der Waals surface area contributed by atoms with Crippen LogP contribution in [0.1, 0.15) is 68.7 Å². The van der Waals surface area contributed by atoms with E-state index in [9.17, 15) is 18.4 Å². The van der Waals surface area contributed by atoms with Gasteiger partial charge in [0.1, 0.15) is 5.75 Å². The molecule has 2 aromatic rings. The van der Waals surface area contributed by atoms with Gasteiger partial charge in [0.15, 0.2) is 0 Å². The maximum atomic E-state index is 12.9. The van der Waals surface area contributed by atoms with Crippen LogP contribution in [0.4, 0.5) is 18.9 Å². The molecule has 0 aliphatic carbocycles. The molecule has 0 aromatic heterocycles. The maximum absolute atomic E-state index is 12.9. The summed E-state index contributed by atoms with van der Waals surface area (Å²) in [6.07, 6.45) is -0.698. The summed E-state index contributed by atoms with van der Waals surface area (Å²) in [6.45, 7) is 9.79. The molecule has 0 saturated heterocycles. The Bertz CT molecular complexity index is 1050. The first-order valence-corrected chi connectivity index (χ1v) is 10.8. The van der Waals surface area contributed by atoms with Crippen LogP contribution in [0.3, 0.4) is 0 Å². The van der Waals surface area contributed by atoms with Crippen LogP contribution in [0.25, 0.3) is 11.6 Å². The van der Waals surface area contributed by atoms with Crippen LogP contribution in [-0.4, -0.2) is 19.2 Å². The summed E-state index contributed by atoms with van der Waals surface area (Å²) in [5.74, 6) is 0.956. The van der Waals surface area contributed by atoms with E-state index in [-0.39, 0.29) is 11.1 Å². The quantitative estimate of drug-likeness (QED) is 0.361. The molecule has 1 aliphatic rings. The standard InChI is InChI=1S/C26H29F3N2O/c1-6-11-31-23-14-24(32-5)19(13-22(23)17(2)15-25(31,3)4)12-20(16-30)18-7-9-21(10-8-18)26(27,28)29/h7-10,12-14,17H,6,11,15H2,1-5H3/b20-12+. The highest BCUT2D eigenvalue weighted by molar-refractivity contribution is 5.91. The van der Waals surface area contributed by atoms with E-state index in [2.05, 4.69) is 44.7 Å². The zero-order chi connectivity index (χ0) is 23.7. The van der Waals surface area contributed by atoms with E-state index >= 15 is 0 Å². The number of ether oxygens (including phenoxy) is 1. The van der Waals surface area contributed by atoms with Crippen LogP contribution in [0.2, 0.25) is 0 Å². The fourth-order valence-corrected chi connectivity index (χ4v) is 4.64. The summed E-state index contributed by atoms with van der Waals surface area (Å²) in [7, 11) is 1.59. The van der Waals surface area contributed by atoms with E-state index in [1.54, 1.807) is 13.2 Å². The Kier molecular flexibility index (Phi) is 6.59. The van der Waals surface area contributed by atoms with Gasteiger partial charge in [0.05, 0.1) is 24.3 Å². The number of hydrogen-bond donors (Lipinski definition) is 0. The number of benzene rings is 2. The van der Waals surface area contributed by atoms with Gasteiger partial charge >= 0.3 is 6.18 Å². The number of anilines is 1. The van der Waals surface area contributed by atoms with Crippen LogP contribution in [0, 0.1) is 11.3 Å². The molecule has 2 aromatic carbocycles. The van der Waals surface area contributed by atoms with Crippen molar-refractivity contribution in [2.75, 3.05) is 18.6 Å². The summed E-state index contributed by atoms with van der Waals surface area (Å²) in [5.41, 5.74) is 3.06. The van der Waals surface area contributed by atoms with Crippen LogP contribution in [0.5, 0.6) is 5.75 Å². The first kappa shape index (κ1) is 23.7. The summed E-state index contributed by atoms with van der Waals surface area (Å²) in [5, 5.41) is 9.72. The third-order valence-corrected chi connectivity index (χ3v) is 6.13. The topological polar surface area (TPSA) is 36.3 Å². The second-order valence-electron chi connectivity index (χ2n) is 8.97. The lowest BCUT2D eigenvalue weighted by atomic mass is 9.79. The van der Waals surface area contributed by atoms with E-state index in [1.807, 2.05) is 6.07 Å². The first-order chi connectivity index (χ1) is 15.0. The van der Waals surface area contributed by atoms with E-state index in [0.717, 1.165) is 42.8 Å². The molecule has 6 heteroatoms. The molecule has 0 radical (unpaired) electrons. The number of nitriles is 1. The van der Waals surface area contributed by atoms with Gasteiger partial charge in [0, 0.05) is 29.4 Å². The van der Waals surface area contributed by atoms with Gasteiger partial charge in [-0.05, 0) is 68.0 Å². The number of alkyl halides is 3. The summed E-state index contributed by atoms with van der Waals surface area (Å²) < 4.78 is 44.3. The number of fused-ring (bicyclic) bond motifs is 1. The monoisotopic (exact) mass is 442 g/mol. The SMILES string of the molecule is CCCN1c2cc(OC)c(/C=C(\C#N)c3ccc(C(F)(F)F)cc3)cc2C(C)CC1(C)C. The molecule has 3 rings (SSSR count). The van der Waals surface area contributed by atoms with Crippen molar-refractivity contribution >= 4 is 17.3 Å². The molecule has 170 valence electrons. The van der Waals surface area contributed by atoms with E-state index < -0.39 is 11.7 Å². The molecular weight excluding hydrogens is 413 g/mol. The zero-order valence-electron chi connectivity index (χ0n) is 19.2. The van der Waals surface area contributed by atoms with Gasteiger partial charge in [0.25, 0.3) is 0 Å². The Balaban J connectivity index is 2.09. The zero-order valence-corrected chi connectivity index (χ0v) is 19.2. The maximum Gasteiger partial charge on any atom is 0.416 e. The van der Waals surface area contributed by atoms with Gasteiger partial charge in [-0.1, -0.05) is 26.0 Å². The van der Waals surface area contributed by atoms with Gasteiger partial charge in [0.2, 0.25) is 0 Å². The third-order valence-electron chi connectivity index (χ3n) is 6.13. The minimum absolute atomic E-state index is 0.0167. The van der Waals surface area contributed by atoms with Crippen molar-refractivity contribution in [3.05, 3.63) is 58.7 Å². The molecule has 0 saturated carbocycles. The van der Waals surface area contributed by atoms with Gasteiger partial charge < -0.3 is 9.64 Å². The van der Waals surface area contributed by atoms with Crippen LogP contribution >= 0.6 is 0 Å². The predicted octanol–water partition coefficient (Wildman–Crippen LogP) is 7.28. The highest BCUT2D eigenvalue weighted by Gasteiger charge is 2.36. The van der Waals surface area contributed by atoms with Crippen molar-refractivity contribution < 1.29 is 17.9 Å². The molecule has 0 fully saturated rings. The van der Waals surface area contributed by atoms with Crippen LogP contribution < -0.4 is 9.64 Å². The highest BCUT2D eigenvalue weighted by atomic mass is 19.4. The van der Waals surface area contributed by atoms with E-state index in [1.165, 1.54) is 17.7 Å². The molecule has 1 atom stereocenters. The average Bonchev–Trinajstić information content (AvgIpc) is 2.73. The predicted molar refractivity (Wildman–Crippen MR) is 123 cm³/mol. The molecule has 0 spiro atoms. The molecule has 32 heavy (non-hydrogen) atoms. The van der Waals surface area contributed by atoms with E-state index in [0.29, 0.717) is 17.2 Å². The van der Waals surface area contributed by atoms with Crippen molar-refractivity contribution in [2.45, 2.75) is 58.2 Å². The van der Waals surface area contributed by atoms with Gasteiger partial charge in [-0.25, -0.2) is 0 Å². The normalized spacial score (nSPS) is 18.2. The fourth-order valence-electron chi connectivity index (χ4n) is 4.64. The Morgan fingerprint density at radius 3 is 2.44 bits per heavy atom. The van der Waals surface area contributed by atoms with E-state index in [4.69, 9.17) is 4.74 Å². The Labute approximate surface area is 188 Å². The summed E-state index contributed by atoms with van der Waals surface area (Å²) in [4.78, 5) is 2.42. The lowest BCUT2D eigenvalue weighted by Crippen LogP contribution is -2.48.